The molecule has 0 radical (unpaired) electrons. The maximum Gasteiger partial charge on any atom is 0.167 e. The minimum absolute atomic E-state index is 0.0266. The van der Waals surface area contributed by atoms with E-state index in [4.69, 9.17) is 10.5 Å². The molecule has 2 N–H and O–H groups in total. The number of hydrogen-bond donors (Lipinski definition) is 1. The largest absolute Gasteiger partial charge is 0.486 e. The smallest absolute Gasteiger partial charge is 0.167 e. The van der Waals surface area contributed by atoms with Crippen molar-refractivity contribution in [2.45, 2.75) is 38.3 Å². The third-order valence-electron chi connectivity index (χ3n) is 2.94. The quantitative estimate of drug-likeness (QED) is 0.811. The molecule has 0 amide bonds. The summed E-state index contributed by atoms with van der Waals surface area (Å²) < 4.78 is 19.2. The Morgan fingerprint density at radius 3 is 2.87 bits per heavy atom. The van der Waals surface area contributed by atoms with Gasteiger partial charge in [0.05, 0.1) is 0 Å². The molecule has 15 heavy (non-hydrogen) atoms. The zero-order chi connectivity index (χ0) is 10.8. The highest BCUT2D eigenvalue weighted by Crippen LogP contribution is 2.26. The second-order valence-corrected chi connectivity index (χ2v) is 4.14. The van der Waals surface area contributed by atoms with E-state index in [9.17, 15) is 4.39 Å². The van der Waals surface area contributed by atoms with Crippen molar-refractivity contribution in [1.82, 2.24) is 0 Å². The monoisotopic (exact) mass is 209 g/mol. The Morgan fingerprint density at radius 2 is 2.20 bits per heavy atom. The summed E-state index contributed by atoms with van der Waals surface area (Å²) in [5, 5.41) is 0. The fraction of sp³-hybridized carbons (Fsp3) is 0.500. The Hall–Kier alpha value is -1.09. The molecule has 0 aromatic heterocycles. The Balaban J connectivity index is 2.13. The summed E-state index contributed by atoms with van der Waals surface area (Å²) in [7, 11) is 0. The van der Waals surface area contributed by atoms with Crippen LogP contribution < -0.4 is 10.5 Å². The van der Waals surface area contributed by atoms with Crippen molar-refractivity contribution in [2.75, 3.05) is 0 Å². The molecule has 2 atom stereocenters. The fourth-order valence-corrected chi connectivity index (χ4v) is 1.98. The molecule has 1 aliphatic rings. The van der Waals surface area contributed by atoms with Gasteiger partial charge in [-0.15, -0.1) is 0 Å². The SMILES string of the molecule is Cc1cccc(OC2CCCC2N)c1F. The van der Waals surface area contributed by atoms with E-state index in [1.54, 1.807) is 25.1 Å². The number of benzene rings is 1. The molecule has 2 unspecified atom stereocenters. The summed E-state index contributed by atoms with van der Waals surface area (Å²) in [6, 6.07) is 5.24. The summed E-state index contributed by atoms with van der Waals surface area (Å²) in [4.78, 5) is 0. The Labute approximate surface area is 89.2 Å². The third kappa shape index (κ3) is 2.12. The summed E-state index contributed by atoms with van der Waals surface area (Å²) >= 11 is 0. The van der Waals surface area contributed by atoms with Gasteiger partial charge in [0.1, 0.15) is 6.10 Å². The van der Waals surface area contributed by atoms with Gasteiger partial charge < -0.3 is 10.5 Å². The molecule has 0 bridgehead atoms. The van der Waals surface area contributed by atoms with Crippen molar-refractivity contribution in [2.24, 2.45) is 5.73 Å². The van der Waals surface area contributed by atoms with Crippen LogP contribution in [-0.2, 0) is 0 Å². The van der Waals surface area contributed by atoms with Crippen LogP contribution in [-0.4, -0.2) is 12.1 Å². The van der Waals surface area contributed by atoms with Crippen molar-refractivity contribution < 1.29 is 9.13 Å². The van der Waals surface area contributed by atoms with Gasteiger partial charge in [0, 0.05) is 6.04 Å². The van der Waals surface area contributed by atoms with Crippen LogP contribution in [0.2, 0.25) is 0 Å². The Morgan fingerprint density at radius 1 is 1.40 bits per heavy atom. The highest BCUT2D eigenvalue weighted by molar-refractivity contribution is 5.30. The van der Waals surface area contributed by atoms with Crippen molar-refractivity contribution in [3.05, 3.63) is 29.6 Å². The molecular formula is C12H16FNO. The van der Waals surface area contributed by atoms with E-state index in [-0.39, 0.29) is 18.0 Å². The van der Waals surface area contributed by atoms with Crippen molar-refractivity contribution in [3.63, 3.8) is 0 Å². The van der Waals surface area contributed by atoms with Gasteiger partial charge in [-0.1, -0.05) is 12.1 Å². The van der Waals surface area contributed by atoms with Crippen molar-refractivity contribution in [3.8, 4) is 5.75 Å². The molecule has 0 heterocycles. The Bertz CT molecular complexity index is 353. The maximum atomic E-state index is 13.6. The van der Waals surface area contributed by atoms with E-state index in [1.807, 2.05) is 0 Å². The number of rotatable bonds is 2. The minimum atomic E-state index is -0.267. The molecule has 0 aliphatic heterocycles. The Kier molecular flexibility index (Phi) is 2.91. The molecule has 1 aliphatic carbocycles. The van der Waals surface area contributed by atoms with Gasteiger partial charge in [-0.25, -0.2) is 4.39 Å². The van der Waals surface area contributed by atoms with E-state index in [2.05, 4.69) is 0 Å². The molecule has 0 spiro atoms. The number of halogens is 1. The van der Waals surface area contributed by atoms with E-state index in [0.717, 1.165) is 19.3 Å². The van der Waals surface area contributed by atoms with Crippen LogP contribution in [0.15, 0.2) is 18.2 Å². The van der Waals surface area contributed by atoms with E-state index < -0.39 is 0 Å². The summed E-state index contributed by atoms with van der Waals surface area (Å²) in [5.74, 6) is 0.0638. The van der Waals surface area contributed by atoms with Gasteiger partial charge >= 0.3 is 0 Å². The lowest BCUT2D eigenvalue weighted by atomic mass is 10.2. The summed E-state index contributed by atoms with van der Waals surface area (Å²) in [6.45, 7) is 1.73. The molecule has 1 aromatic carbocycles. The summed E-state index contributed by atoms with van der Waals surface area (Å²) in [5.41, 5.74) is 6.48. The standard InChI is InChI=1S/C12H16FNO/c1-8-4-2-7-11(12(8)13)15-10-6-3-5-9(10)14/h2,4,7,9-10H,3,5-6,14H2,1H3. The van der Waals surface area contributed by atoms with Gasteiger partial charge in [0.15, 0.2) is 11.6 Å². The number of nitrogens with two attached hydrogens (primary N) is 1. The van der Waals surface area contributed by atoms with E-state index in [1.165, 1.54) is 0 Å². The molecule has 2 nitrogen and oxygen atoms in total. The highest BCUT2D eigenvalue weighted by atomic mass is 19.1. The van der Waals surface area contributed by atoms with Gasteiger partial charge in [0.2, 0.25) is 0 Å². The van der Waals surface area contributed by atoms with Crippen LogP contribution in [0.25, 0.3) is 0 Å². The lowest BCUT2D eigenvalue weighted by Crippen LogP contribution is -2.33. The highest BCUT2D eigenvalue weighted by Gasteiger charge is 2.26. The predicted octanol–water partition coefficient (Wildman–Crippen LogP) is 2.39. The topological polar surface area (TPSA) is 35.2 Å². The average Bonchev–Trinajstić information content (AvgIpc) is 2.60. The molecular weight excluding hydrogens is 193 g/mol. The normalized spacial score (nSPS) is 25.5. The van der Waals surface area contributed by atoms with Crippen LogP contribution in [0.5, 0.6) is 5.75 Å². The predicted molar refractivity (Wildman–Crippen MR) is 57.4 cm³/mol. The first-order chi connectivity index (χ1) is 7.18. The molecule has 2 rings (SSSR count). The van der Waals surface area contributed by atoms with Crippen LogP contribution in [0, 0.1) is 12.7 Å². The zero-order valence-corrected chi connectivity index (χ0v) is 8.87. The van der Waals surface area contributed by atoms with Crippen LogP contribution in [0.3, 0.4) is 0 Å². The second kappa shape index (κ2) is 4.19. The van der Waals surface area contributed by atoms with Crippen molar-refractivity contribution in [1.29, 1.82) is 0 Å². The third-order valence-corrected chi connectivity index (χ3v) is 2.94. The fourth-order valence-electron chi connectivity index (χ4n) is 1.98. The van der Waals surface area contributed by atoms with Crippen LogP contribution in [0.1, 0.15) is 24.8 Å². The number of aryl methyl sites for hydroxylation is 1. The first-order valence-electron chi connectivity index (χ1n) is 5.36. The molecule has 1 saturated carbocycles. The zero-order valence-electron chi connectivity index (χ0n) is 8.87. The van der Waals surface area contributed by atoms with Gasteiger partial charge in [-0.2, -0.15) is 0 Å². The molecule has 1 aromatic rings. The van der Waals surface area contributed by atoms with E-state index in [0.29, 0.717) is 11.3 Å². The molecule has 0 saturated heterocycles. The van der Waals surface area contributed by atoms with E-state index >= 15 is 0 Å². The molecule has 1 fully saturated rings. The number of hydrogen-bond acceptors (Lipinski definition) is 2. The van der Waals surface area contributed by atoms with Crippen LogP contribution in [0.4, 0.5) is 4.39 Å². The first-order valence-corrected chi connectivity index (χ1v) is 5.36. The van der Waals surface area contributed by atoms with Gasteiger partial charge in [-0.05, 0) is 37.8 Å². The first kappa shape index (κ1) is 10.4. The second-order valence-electron chi connectivity index (χ2n) is 4.14. The maximum absolute atomic E-state index is 13.6. The van der Waals surface area contributed by atoms with Crippen LogP contribution >= 0.6 is 0 Å². The minimum Gasteiger partial charge on any atom is -0.486 e. The van der Waals surface area contributed by atoms with Gasteiger partial charge in [-0.3, -0.25) is 0 Å². The molecule has 82 valence electrons. The molecule has 3 heteroatoms. The average molecular weight is 209 g/mol. The summed E-state index contributed by atoms with van der Waals surface area (Å²) in [6.07, 6.45) is 2.94. The number of ether oxygens (including phenoxy) is 1. The van der Waals surface area contributed by atoms with Crippen molar-refractivity contribution >= 4 is 0 Å². The lowest BCUT2D eigenvalue weighted by molar-refractivity contribution is 0.183. The van der Waals surface area contributed by atoms with Gasteiger partial charge in [0.25, 0.3) is 0 Å². The lowest BCUT2D eigenvalue weighted by Gasteiger charge is -2.18.